The Kier molecular flexibility index (Phi) is 10.3. The highest BCUT2D eigenvalue weighted by Crippen LogP contribution is 2.29. The molecule has 0 spiro atoms. The second kappa shape index (κ2) is 13.4. The number of nitrogens with one attached hydrogen (secondary N) is 1. The molecule has 2 saturated heterocycles. The molecule has 1 saturated carbocycles. The SMILES string of the molecule is COC[C@H]1C(=O)N(C[C@H]2CC[C@H](NCC[C@H]3CCCN3C)CC2)CCN1C(=O)COc1ccc(Cl)s1. The van der Waals surface area contributed by atoms with Gasteiger partial charge in [0.15, 0.2) is 11.7 Å². The molecule has 8 nitrogen and oxygen atoms in total. The fraction of sp³-hybridized carbons (Fsp3) is 0.769. The van der Waals surface area contributed by atoms with E-state index in [1.165, 1.54) is 50.0 Å². The Morgan fingerprint density at radius 1 is 1.17 bits per heavy atom. The first-order valence-corrected chi connectivity index (χ1v) is 14.5. The zero-order valence-corrected chi connectivity index (χ0v) is 23.2. The van der Waals surface area contributed by atoms with Gasteiger partial charge in [-0.05, 0) is 83.1 Å². The van der Waals surface area contributed by atoms with Gasteiger partial charge in [-0.3, -0.25) is 9.59 Å². The molecule has 10 heteroatoms. The molecule has 0 radical (unpaired) electrons. The van der Waals surface area contributed by atoms with Crippen LogP contribution in [0.5, 0.6) is 5.06 Å². The van der Waals surface area contributed by atoms with Crippen LogP contribution in [0.25, 0.3) is 0 Å². The molecule has 1 aromatic heterocycles. The maximum atomic E-state index is 13.3. The molecule has 2 atom stereocenters. The normalized spacial score (nSPS) is 27.6. The molecule has 1 aliphatic carbocycles. The van der Waals surface area contributed by atoms with Gasteiger partial charge in [0.2, 0.25) is 5.91 Å². The number of nitrogens with zero attached hydrogens (tertiary/aromatic N) is 3. The summed E-state index contributed by atoms with van der Waals surface area (Å²) in [7, 11) is 3.81. The van der Waals surface area contributed by atoms with E-state index in [9.17, 15) is 9.59 Å². The fourth-order valence-corrected chi connectivity index (χ4v) is 6.76. The maximum Gasteiger partial charge on any atom is 0.261 e. The molecule has 1 N–H and O–H groups in total. The van der Waals surface area contributed by atoms with E-state index >= 15 is 0 Å². The van der Waals surface area contributed by atoms with Crippen molar-refractivity contribution in [3.63, 3.8) is 0 Å². The van der Waals surface area contributed by atoms with Crippen LogP contribution in [0, 0.1) is 5.92 Å². The van der Waals surface area contributed by atoms with Crippen LogP contribution in [0.2, 0.25) is 4.34 Å². The fourth-order valence-electron chi connectivity index (χ4n) is 5.89. The number of hydrogen-bond donors (Lipinski definition) is 1. The Balaban J connectivity index is 1.20. The molecule has 202 valence electrons. The predicted octanol–water partition coefficient (Wildman–Crippen LogP) is 3.10. The summed E-state index contributed by atoms with van der Waals surface area (Å²) in [5.41, 5.74) is 0. The van der Waals surface area contributed by atoms with Crippen LogP contribution in [0.4, 0.5) is 0 Å². The molecule has 1 aromatic rings. The van der Waals surface area contributed by atoms with E-state index in [2.05, 4.69) is 17.3 Å². The minimum Gasteiger partial charge on any atom is -0.474 e. The zero-order chi connectivity index (χ0) is 25.5. The molecule has 3 heterocycles. The van der Waals surface area contributed by atoms with E-state index < -0.39 is 6.04 Å². The molecule has 36 heavy (non-hydrogen) atoms. The lowest BCUT2D eigenvalue weighted by Gasteiger charge is -2.42. The van der Waals surface area contributed by atoms with Gasteiger partial charge in [-0.15, -0.1) is 0 Å². The lowest BCUT2D eigenvalue weighted by atomic mass is 9.85. The average Bonchev–Trinajstić information content (AvgIpc) is 3.48. The Hall–Kier alpha value is -1.39. The number of amides is 2. The number of halogens is 1. The summed E-state index contributed by atoms with van der Waals surface area (Å²) in [6.45, 7) is 4.24. The lowest BCUT2D eigenvalue weighted by Crippen LogP contribution is -2.61. The largest absolute Gasteiger partial charge is 0.474 e. The monoisotopic (exact) mass is 540 g/mol. The van der Waals surface area contributed by atoms with Crippen LogP contribution < -0.4 is 10.1 Å². The lowest BCUT2D eigenvalue weighted by molar-refractivity contribution is -0.155. The van der Waals surface area contributed by atoms with Crippen molar-refractivity contribution < 1.29 is 19.1 Å². The number of carbonyl (C=O) groups excluding carboxylic acids is 2. The topological polar surface area (TPSA) is 74.4 Å². The number of piperazine rings is 1. The molecular formula is C26H41ClN4O4S. The molecule has 2 amide bonds. The van der Waals surface area contributed by atoms with Crippen LogP contribution in [0.3, 0.4) is 0 Å². The predicted molar refractivity (Wildman–Crippen MR) is 143 cm³/mol. The second-order valence-electron chi connectivity index (χ2n) is 10.4. The third-order valence-electron chi connectivity index (χ3n) is 8.02. The maximum absolute atomic E-state index is 13.3. The van der Waals surface area contributed by atoms with Crippen molar-refractivity contribution in [2.24, 2.45) is 5.92 Å². The number of ether oxygens (including phenoxy) is 2. The highest BCUT2D eigenvalue weighted by molar-refractivity contribution is 7.17. The Morgan fingerprint density at radius 3 is 2.64 bits per heavy atom. The quantitative estimate of drug-likeness (QED) is 0.465. The van der Waals surface area contributed by atoms with E-state index in [0.717, 1.165) is 32.0 Å². The minimum atomic E-state index is -0.599. The summed E-state index contributed by atoms with van der Waals surface area (Å²) < 4.78 is 11.5. The van der Waals surface area contributed by atoms with Crippen LogP contribution in [-0.4, -0.2) is 105 Å². The first-order valence-electron chi connectivity index (χ1n) is 13.3. The second-order valence-corrected chi connectivity index (χ2v) is 12.1. The Morgan fingerprint density at radius 2 is 1.97 bits per heavy atom. The van der Waals surface area contributed by atoms with Gasteiger partial charge in [-0.25, -0.2) is 0 Å². The summed E-state index contributed by atoms with van der Waals surface area (Å²) in [6.07, 6.45) is 8.52. The van der Waals surface area contributed by atoms with Gasteiger partial charge in [0.1, 0.15) is 6.04 Å². The molecule has 0 unspecified atom stereocenters. The van der Waals surface area contributed by atoms with Gasteiger partial charge >= 0.3 is 0 Å². The smallest absolute Gasteiger partial charge is 0.261 e. The standard InChI is InChI=1S/C26H41ClN4O4S/c1-29-13-3-4-21(29)11-12-28-20-7-5-19(6-8-20)16-30-14-15-31(22(17-34-2)26(30)33)24(32)18-35-25-10-9-23(27)36-25/h9-10,19-22,28H,3-8,11-18H2,1-2H3/t19-,20-,21-,22+/m1/s1. The summed E-state index contributed by atoms with van der Waals surface area (Å²) in [6, 6.07) is 4.22. The van der Waals surface area contributed by atoms with Gasteiger partial charge in [0.25, 0.3) is 5.91 Å². The van der Waals surface area contributed by atoms with Crippen LogP contribution in [-0.2, 0) is 14.3 Å². The first-order chi connectivity index (χ1) is 17.4. The zero-order valence-electron chi connectivity index (χ0n) is 21.6. The molecule has 2 aliphatic heterocycles. The highest BCUT2D eigenvalue weighted by atomic mass is 35.5. The van der Waals surface area contributed by atoms with Crippen molar-refractivity contribution in [2.75, 3.05) is 60.1 Å². The van der Waals surface area contributed by atoms with Crippen molar-refractivity contribution >= 4 is 34.8 Å². The minimum absolute atomic E-state index is 0.0171. The van der Waals surface area contributed by atoms with Crippen molar-refractivity contribution in [2.45, 2.75) is 63.1 Å². The molecular weight excluding hydrogens is 500 g/mol. The first kappa shape index (κ1) is 27.6. The summed E-state index contributed by atoms with van der Waals surface area (Å²) >= 11 is 7.22. The molecule has 4 rings (SSSR count). The number of likely N-dealkylation sites (tertiary alicyclic amines) is 1. The third kappa shape index (κ3) is 7.34. The molecule has 3 aliphatic rings. The highest BCUT2D eigenvalue weighted by Gasteiger charge is 2.38. The van der Waals surface area contributed by atoms with Crippen molar-refractivity contribution in [3.8, 4) is 5.06 Å². The molecule has 0 bridgehead atoms. The summed E-state index contributed by atoms with van der Waals surface area (Å²) in [5.74, 6) is 0.298. The number of methoxy groups -OCH3 is 1. The summed E-state index contributed by atoms with van der Waals surface area (Å²) in [4.78, 5) is 32.2. The van der Waals surface area contributed by atoms with E-state index in [1.54, 1.807) is 24.1 Å². The number of hydrogen-bond acceptors (Lipinski definition) is 7. The number of carbonyl (C=O) groups is 2. The van der Waals surface area contributed by atoms with Gasteiger partial charge in [0.05, 0.1) is 10.9 Å². The van der Waals surface area contributed by atoms with Gasteiger partial charge in [-0.2, -0.15) is 0 Å². The summed E-state index contributed by atoms with van der Waals surface area (Å²) in [5, 5.41) is 4.38. The van der Waals surface area contributed by atoms with Crippen LogP contribution in [0.1, 0.15) is 44.9 Å². The van der Waals surface area contributed by atoms with Crippen molar-refractivity contribution in [1.29, 1.82) is 0 Å². The molecule has 0 aromatic carbocycles. The van der Waals surface area contributed by atoms with Crippen LogP contribution >= 0.6 is 22.9 Å². The van der Waals surface area contributed by atoms with Gasteiger partial charge < -0.3 is 29.5 Å². The van der Waals surface area contributed by atoms with E-state index in [1.807, 2.05) is 4.90 Å². The van der Waals surface area contributed by atoms with Gasteiger partial charge in [-0.1, -0.05) is 22.9 Å². The molecule has 3 fully saturated rings. The van der Waals surface area contributed by atoms with Crippen molar-refractivity contribution in [3.05, 3.63) is 16.5 Å². The average molecular weight is 541 g/mol. The van der Waals surface area contributed by atoms with Crippen molar-refractivity contribution in [1.82, 2.24) is 20.0 Å². The number of rotatable bonds is 11. The van der Waals surface area contributed by atoms with E-state index in [4.69, 9.17) is 21.1 Å². The van der Waals surface area contributed by atoms with E-state index in [0.29, 0.717) is 34.4 Å². The third-order valence-corrected chi connectivity index (χ3v) is 9.17. The van der Waals surface area contributed by atoms with Crippen LogP contribution in [0.15, 0.2) is 12.1 Å². The van der Waals surface area contributed by atoms with Gasteiger partial charge in [0, 0.05) is 38.8 Å². The number of thiophene rings is 1. The Labute approximate surface area is 224 Å². The Bertz CT molecular complexity index is 863. The van der Waals surface area contributed by atoms with E-state index in [-0.39, 0.29) is 25.0 Å².